The Morgan fingerprint density at radius 1 is 1.10 bits per heavy atom. The summed E-state index contributed by atoms with van der Waals surface area (Å²) in [5.74, 6) is -1.15. The van der Waals surface area contributed by atoms with Crippen molar-refractivity contribution in [2.75, 3.05) is 11.9 Å². The van der Waals surface area contributed by atoms with Crippen molar-refractivity contribution >= 4 is 33.4 Å². The zero-order valence-electron chi connectivity index (χ0n) is 17.8. The molecule has 0 saturated carbocycles. The van der Waals surface area contributed by atoms with Crippen molar-refractivity contribution in [2.45, 2.75) is 44.1 Å². The van der Waals surface area contributed by atoms with Gasteiger partial charge in [-0.1, -0.05) is 45.0 Å². The van der Waals surface area contributed by atoms with E-state index in [1.54, 1.807) is 30.3 Å². The van der Waals surface area contributed by atoms with Gasteiger partial charge in [0.1, 0.15) is 12.4 Å². The average Bonchev–Trinajstić information content (AvgIpc) is 2.96. The lowest BCUT2D eigenvalue weighted by Gasteiger charge is -2.19. The number of amides is 1. The minimum absolute atomic E-state index is 0.000886. The molecule has 8 nitrogen and oxygen atoms in total. The third-order valence-electron chi connectivity index (χ3n) is 4.72. The van der Waals surface area contributed by atoms with E-state index < -0.39 is 34.5 Å². The minimum Gasteiger partial charge on any atom is -0.451 e. The zero-order chi connectivity index (χ0) is 22.8. The lowest BCUT2D eigenvalue weighted by Crippen LogP contribution is -2.31. The quantitative estimate of drug-likeness (QED) is 0.690. The first kappa shape index (κ1) is 22.5. The number of nitrogens with zero attached hydrogens (tertiary/aromatic N) is 1. The largest absolute Gasteiger partial charge is 0.451 e. The number of benzene rings is 2. The summed E-state index contributed by atoms with van der Waals surface area (Å²) < 4.78 is 31.6. The highest BCUT2D eigenvalue weighted by Crippen LogP contribution is 2.24. The third-order valence-corrected chi connectivity index (χ3v) is 6.12. The molecule has 1 amide bonds. The van der Waals surface area contributed by atoms with Gasteiger partial charge in [-0.2, -0.15) is 0 Å². The molecule has 1 unspecified atom stereocenters. The molecular weight excluding hydrogens is 418 g/mol. The molecule has 1 atom stereocenters. The number of carbonyl (C=O) groups excluding carboxylic acids is 2. The number of hydrogen-bond donors (Lipinski definition) is 2. The van der Waals surface area contributed by atoms with Gasteiger partial charge in [0.2, 0.25) is 0 Å². The molecule has 31 heavy (non-hydrogen) atoms. The second-order valence-electron chi connectivity index (χ2n) is 8.22. The number of carbonyl (C=O) groups is 2. The van der Waals surface area contributed by atoms with E-state index in [9.17, 15) is 18.0 Å². The summed E-state index contributed by atoms with van der Waals surface area (Å²) in [6, 6.07) is 13.8. The van der Waals surface area contributed by atoms with E-state index >= 15 is 0 Å². The molecule has 0 bridgehead atoms. The molecule has 0 aliphatic carbocycles. The van der Waals surface area contributed by atoms with E-state index in [4.69, 9.17) is 4.74 Å². The first-order valence-electron chi connectivity index (χ1n) is 9.75. The predicted octanol–water partition coefficient (Wildman–Crippen LogP) is 2.59. The van der Waals surface area contributed by atoms with Crippen molar-refractivity contribution in [3.05, 3.63) is 59.7 Å². The van der Waals surface area contributed by atoms with Crippen LogP contribution in [0.25, 0.3) is 0 Å². The highest BCUT2D eigenvalue weighted by Gasteiger charge is 2.30. The number of nitrogens with one attached hydrogen (secondary N) is 2. The molecule has 0 spiro atoms. The molecule has 0 saturated heterocycles. The Bertz CT molecular complexity index is 1130. The molecule has 164 valence electrons. The Hall–Kier alpha value is -3.20. The molecule has 9 heteroatoms. The average molecular weight is 444 g/mol. The number of anilines is 1. The van der Waals surface area contributed by atoms with Crippen LogP contribution in [0.3, 0.4) is 0 Å². The van der Waals surface area contributed by atoms with E-state index in [0.717, 1.165) is 5.56 Å². The van der Waals surface area contributed by atoms with Gasteiger partial charge in [-0.05, 0) is 42.2 Å². The number of rotatable bonds is 5. The number of amidine groups is 1. The van der Waals surface area contributed by atoms with Crippen LogP contribution in [0.1, 0.15) is 38.8 Å². The van der Waals surface area contributed by atoms with Gasteiger partial charge in [0.25, 0.3) is 15.9 Å². The fourth-order valence-electron chi connectivity index (χ4n) is 2.98. The van der Waals surface area contributed by atoms with Gasteiger partial charge in [0.05, 0.1) is 4.90 Å². The number of aliphatic imine (C=N–C) groups is 1. The third kappa shape index (κ3) is 5.29. The molecular formula is C22H25N3O5S. The van der Waals surface area contributed by atoms with Crippen LogP contribution >= 0.6 is 0 Å². The molecule has 1 heterocycles. The summed E-state index contributed by atoms with van der Waals surface area (Å²) in [7, 11) is -3.68. The highest BCUT2D eigenvalue weighted by molar-refractivity contribution is 7.90. The Morgan fingerprint density at radius 2 is 1.74 bits per heavy atom. The number of esters is 1. The van der Waals surface area contributed by atoms with Gasteiger partial charge in [-0.25, -0.2) is 8.42 Å². The second kappa shape index (κ2) is 8.50. The summed E-state index contributed by atoms with van der Waals surface area (Å²) in [4.78, 5) is 28.5. The van der Waals surface area contributed by atoms with E-state index in [1.165, 1.54) is 13.0 Å². The monoisotopic (exact) mass is 443 g/mol. The molecule has 0 radical (unpaired) electrons. The lowest BCUT2D eigenvalue weighted by molar-refractivity contribution is -0.151. The Labute approximate surface area is 181 Å². The van der Waals surface area contributed by atoms with Crippen LogP contribution in [0, 0.1) is 0 Å². The highest BCUT2D eigenvalue weighted by atomic mass is 32.2. The molecule has 2 aromatic rings. The summed E-state index contributed by atoms with van der Waals surface area (Å²) in [6.07, 6.45) is -1.04. The van der Waals surface area contributed by atoms with E-state index in [2.05, 4.69) is 35.8 Å². The minimum atomic E-state index is -3.68. The van der Waals surface area contributed by atoms with Crippen molar-refractivity contribution in [1.29, 1.82) is 0 Å². The molecule has 0 fully saturated rings. The fourth-order valence-corrected chi connectivity index (χ4v) is 4.23. The maximum Gasteiger partial charge on any atom is 0.328 e. The first-order chi connectivity index (χ1) is 14.5. The summed E-state index contributed by atoms with van der Waals surface area (Å²) in [5.41, 5.74) is 2.12. The van der Waals surface area contributed by atoms with Crippen molar-refractivity contribution in [1.82, 2.24) is 4.72 Å². The van der Waals surface area contributed by atoms with Crippen molar-refractivity contribution in [3.8, 4) is 0 Å². The topological polar surface area (TPSA) is 114 Å². The summed E-state index contributed by atoms with van der Waals surface area (Å²) in [5, 5.41) is 2.70. The Morgan fingerprint density at radius 3 is 2.39 bits per heavy atom. The number of fused-ring (bicyclic) bond motifs is 1. The van der Waals surface area contributed by atoms with Gasteiger partial charge in [-0.3, -0.25) is 19.3 Å². The Balaban J connectivity index is 1.57. The normalized spacial score (nSPS) is 16.8. The van der Waals surface area contributed by atoms with Gasteiger partial charge in [0.15, 0.2) is 6.10 Å². The smallest absolute Gasteiger partial charge is 0.328 e. The zero-order valence-corrected chi connectivity index (χ0v) is 18.6. The number of sulfonamides is 1. The first-order valence-corrected chi connectivity index (χ1v) is 11.2. The van der Waals surface area contributed by atoms with Gasteiger partial charge in [0, 0.05) is 11.3 Å². The number of hydrogen-bond acceptors (Lipinski definition) is 6. The van der Waals surface area contributed by atoms with Gasteiger partial charge in [-0.15, -0.1) is 0 Å². The van der Waals surface area contributed by atoms with Crippen LogP contribution < -0.4 is 10.0 Å². The molecule has 2 aromatic carbocycles. The lowest BCUT2D eigenvalue weighted by atomic mass is 9.87. The van der Waals surface area contributed by atoms with Crippen LogP contribution in [0.15, 0.2) is 58.4 Å². The summed E-state index contributed by atoms with van der Waals surface area (Å²) >= 11 is 0. The summed E-state index contributed by atoms with van der Waals surface area (Å²) in [6.45, 7) is 7.32. The molecule has 0 aromatic heterocycles. The maximum atomic E-state index is 12.3. The van der Waals surface area contributed by atoms with Crippen LogP contribution in [0.5, 0.6) is 0 Å². The van der Waals surface area contributed by atoms with E-state index in [0.29, 0.717) is 11.3 Å². The van der Waals surface area contributed by atoms with Gasteiger partial charge >= 0.3 is 5.97 Å². The molecule has 2 N–H and O–H groups in total. The number of ether oxygens (including phenoxy) is 1. The van der Waals surface area contributed by atoms with E-state index in [-0.39, 0.29) is 16.1 Å². The SMILES string of the molecule is CC(OC(=O)CN=C1NS(=O)(=O)c2ccccc21)C(=O)Nc1ccc(C(C)(C)C)cc1. The Kier molecular flexibility index (Phi) is 6.17. The van der Waals surface area contributed by atoms with Crippen LogP contribution in [-0.4, -0.2) is 38.8 Å². The van der Waals surface area contributed by atoms with Crippen LogP contribution in [0.4, 0.5) is 5.69 Å². The van der Waals surface area contributed by atoms with E-state index in [1.807, 2.05) is 12.1 Å². The standard InChI is InChI=1S/C22H25N3O5S/c1-14(21(27)24-16-11-9-15(10-12-16)22(2,3)4)30-19(26)13-23-20-17-7-5-6-8-18(17)31(28,29)25-20/h5-12,14H,13H2,1-4H3,(H,23,25)(H,24,27). The maximum absolute atomic E-state index is 12.3. The molecule has 1 aliphatic heterocycles. The van der Waals surface area contributed by atoms with Crippen LogP contribution in [-0.2, 0) is 29.8 Å². The van der Waals surface area contributed by atoms with Gasteiger partial charge < -0.3 is 10.1 Å². The van der Waals surface area contributed by atoms with Crippen molar-refractivity contribution < 1.29 is 22.7 Å². The molecule has 1 aliphatic rings. The van der Waals surface area contributed by atoms with Crippen molar-refractivity contribution in [3.63, 3.8) is 0 Å². The second-order valence-corrected chi connectivity index (χ2v) is 9.87. The van der Waals surface area contributed by atoms with Crippen LogP contribution in [0.2, 0.25) is 0 Å². The molecule has 3 rings (SSSR count). The fraction of sp³-hybridized carbons (Fsp3) is 0.318. The predicted molar refractivity (Wildman–Crippen MR) is 117 cm³/mol. The van der Waals surface area contributed by atoms with Crippen molar-refractivity contribution in [2.24, 2.45) is 4.99 Å².